The van der Waals surface area contributed by atoms with Crippen LogP contribution in [0.3, 0.4) is 0 Å². The third kappa shape index (κ3) is 5.42. The first-order chi connectivity index (χ1) is 14.7. The highest BCUT2D eigenvalue weighted by Gasteiger charge is 2.27. The van der Waals surface area contributed by atoms with Gasteiger partial charge in [0.1, 0.15) is 9.84 Å². The van der Waals surface area contributed by atoms with Gasteiger partial charge < -0.3 is 4.74 Å². The van der Waals surface area contributed by atoms with Crippen molar-refractivity contribution in [2.45, 2.75) is 38.5 Å². The molecule has 1 aromatic heterocycles. The Morgan fingerprint density at radius 3 is 2.52 bits per heavy atom. The van der Waals surface area contributed by atoms with Crippen LogP contribution in [0.1, 0.15) is 36.1 Å². The summed E-state index contributed by atoms with van der Waals surface area (Å²) in [6.45, 7) is 3.99. The molecule has 2 aromatic carbocycles. The molecule has 3 rings (SSSR count). The Hall–Kier alpha value is -2.91. The van der Waals surface area contributed by atoms with Crippen molar-refractivity contribution >= 4 is 20.7 Å². The lowest BCUT2D eigenvalue weighted by Crippen LogP contribution is -2.23. The van der Waals surface area contributed by atoms with Crippen molar-refractivity contribution in [1.82, 2.24) is 4.98 Å². The van der Waals surface area contributed by atoms with Crippen LogP contribution in [-0.2, 0) is 34.5 Å². The molecule has 0 spiro atoms. The Bertz CT molecular complexity index is 1250. The molecule has 3 aromatic rings. The number of nitriles is 1. The number of aryl methyl sites for hydroxylation is 2. The maximum absolute atomic E-state index is 11.5. The van der Waals surface area contributed by atoms with Crippen molar-refractivity contribution in [2.24, 2.45) is 0 Å². The number of pyridine rings is 1. The van der Waals surface area contributed by atoms with Crippen LogP contribution in [-0.4, -0.2) is 32.5 Å². The van der Waals surface area contributed by atoms with Crippen molar-refractivity contribution in [1.29, 1.82) is 5.26 Å². The zero-order chi connectivity index (χ0) is 22.6. The number of nitrogens with zero attached hydrogens (tertiary/aromatic N) is 2. The highest BCUT2D eigenvalue weighted by Crippen LogP contribution is 2.31. The van der Waals surface area contributed by atoms with Crippen molar-refractivity contribution < 1.29 is 13.2 Å². The third-order valence-electron chi connectivity index (χ3n) is 5.63. The Morgan fingerprint density at radius 2 is 1.87 bits per heavy atom. The first-order valence-corrected chi connectivity index (χ1v) is 12.4. The maximum Gasteiger partial charge on any atom is 0.216 e. The number of sulfone groups is 1. The first-order valence-electron chi connectivity index (χ1n) is 10.3. The standard InChI is InChI=1S/C25H28N2O3S/c1-5-20-14-21-9-10-22(15-23(21)27-24(20)30-3)25(2,17-26)16-19-8-6-7-18(13-19)11-12-31(4,28)29/h6-10,13-15H,5,11-12,16H2,1-4H3. The molecule has 0 bridgehead atoms. The van der Waals surface area contributed by atoms with Crippen LogP contribution in [0.15, 0.2) is 48.5 Å². The fourth-order valence-electron chi connectivity index (χ4n) is 3.78. The average Bonchev–Trinajstić information content (AvgIpc) is 2.76. The van der Waals surface area contributed by atoms with E-state index in [1.165, 1.54) is 6.26 Å². The molecule has 0 aliphatic carbocycles. The summed E-state index contributed by atoms with van der Waals surface area (Å²) < 4.78 is 28.4. The van der Waals surface area contributed by atoms with E-state index < -0.39 is 15.3 Å². The van der Waals surface area contributed by atoms with Crippen molar-refractivity contribution in [2.75, 3.05) is 19.1 Å². The lowest BCUT2D eigenvalue weighted by molar-refractivity contribution is 0.395. The second-order valence-electron chi connectivity index (χ2n) is 8.24. The summed E-state index contributed by atoms with van der Waals surface area (Å²) in [4.78, 5) is 4.65. The van der Waals surface area contributed by atoms with Crippen LogP contribution in [0.4, 0.5) is 0 Å². The number of benzene rings is 2. The predicted molar refractivity (Wildman–Crippen MR) is 124 cm³/mol. The minimum Gasteiger partial charge on any atom is -0.481 e. The third-order valence-corrected chi connectivity index (χ3v) is 6.57. The molecular weight excluding hydrogens is 408 g/mol. The van der Waals surface area contributed by atoms with Gasteiger partial charge in [-0.1, -0.05) is 43.3 Å². The van der Waals surface area contributed by atoms with Crippen LogP contribution in [0.2, 0.25) is 0 Å². The Kier molecular flexibility index (Phi) is 6.66. The van der Waals surface area contributed by atoms with E-state index in [0.29, 0.717) is 18.7 Å². The minimum absolute atomic E-state index is 0.115. The second kappa shape index (κ2) is 9.07. The number of fused-ring (bicyclic) bond motifs is 1. The maximum atomic E-state index is 11.5. The predicted octanol–water partition coefficient (Wildman–Crippen LogP) is 4.42. The van der Waals surface area contributed by atoms with E-state index in [-0.39, 0.29) is 5.75 Å². The summed E-state index contributed by atoms with van der Waals surface area (Å²) in [6.07, 6.45) is 3.07. The molecule has 1 atom stereocenters. The monoisotopic (exact) mass is 436 g/mol. The van der Waals surface area contributed by atoms with Crippen molar-refractivity contribution in [3.63, 3.8) is 0 Å². The van der Waals surface area contributed by atoms with E-state index in [1.807, 2.05) is 49.4 Å². The fraction of sp³-hybridized carbons (Fsp3) is 0.360. The molecule has 0 N–H and O–H groups in total. The molecule has 0 amide bonds. The number of ether oxygens (including phenoxy) is 1. The lowest BCUT2D eigenvalue weighted by Gasteiger charge is -2.23. The molecule has 0 radical (unpaired) electrons. The molecule has 0 aliphatic heterocycles. The summed E-state index contributed by atoms with van der Waals surface area (Å²) in [7, 11) is -1.40. The van der Waals surface area contributed by atoms with Crippen LogP contribution in [0.5, 0.6) is 5.88 Å². The summed E-state index contributed by atoms with van der Waals surface area (Å²) in [5.41, 5.74) is 3.96. The Balaban J connectivity index is 1.93. The largest absolute Gasteiger partial charge is 0.481 e. The average molecular weight is 437 g/mol. The zero-order valence-corrected chi connectivity index (χ0v) is 19.3. The van der Waals surface area contributed by atoms with Crippen LogP contribution < -0.4 is 4.74 Å². The van der Waals surface area contributed by atoms with Crippen LogP contribution >= 0.6 is 0 Å². The summed E-state index contributed by atoms with van der Waals surface area (Å²) in [6, 6.07) is 18.4. The minimum atomic E-state index is -3.02. The zero-order valence-electron chi connectivity index (χ0n) is 18.5. The van der Waals surface area contributed by atoms with Gasteiger partial charge in [0.15, 0.2) is 0 Å². The SMILES string of the molecule is CCc1cc2ccc(C(C)(C#N)Cc3cccc(CCS(C)(=O)=O)c3)cc2nc1OC. The van der Waals surface area contributed by atoms with E-state index >= 15 is 0 Å². The molecular formula is C25H28N2O3S. The summed E-state index contributed by atoms with van der Waals surface area (Å²) in [5, 5.41) is 11.1. The van der Waals surface area contributed by atoms with Gasteiger partial charge >= 0.3 is 0 Å². The first kappa shape index (κ1) is 22.8. The summed E-state index contributed by atoms with van der Waals surface area (Å²) >= 11 is 0. The topological polar surface area (TPSA) is 80.0 Å². The summed E-state index contributed by atoms with van der Waals surface area (Å²) in [5.74, 6) is 0.730. The van der Waals surface area contributed by atoms with E-state index in [2.05, 4.69) is 24.0 Å². The number of hydrogen-bond donors (Lipinski definition) is 0. The van der Waals surface area contributed by atoms with Gasteiger partial charge in [-0.2, -0.15) is 5.26 Å². The lowest BCUT2D eigenvalue weighted by atomic mass is 9.78. The molecule has 5 nitrogen and oxygen atoms in total. The Morgan fingerprint density at radius 1 is 1.13 bits per heavy atom. The van der Waals surface area contributed by atoms with Gasteiger partial charge in [-0.3, -0.25) is 0 Å². The Labute approximate surface area is 184 Å². The molecule has 1 heterocycles. The van der Waals surface area contributed by atoms with E-state index in [1.54, 1.807) is 7.11 Å². The molecule has 6 heteroatoms. The number of hydrogen-bond acceptors (Lipinski definition) is 5. The smallest absolute Gasteiger partial charge is 0.216 e. The number of aromatic nitrogens is 1. The highest BCUT2D eigenvalue weighted by molar-refractivity contribution is 7.90. The molecule has 31 heavy (non-hydrogen) atoms. The fourth-order valence-corrected chi connectivity index (χ4v) is 4.39. The van der Waals surface area contributed by atoms with Gasteiger partial charge in [0, 0.05) is 17.2 Å². The number of rotatable bonds is 8. The normalized spacial score (nSPS) is 13.5. The van der Waals surface area contributed by atoms with Gasteiger partial charge in [-0.15, -0.1) is 0 Å². The second-order valence-corrected chi connectivity index (χ2v) is 10.5. The van der Waals surface area contributed by atoms with E-state index in [0.717, 1.165) is 39.6 Å². The van der Waals surface area contributed by atoms with Gasteiger partial charge in [-0.25, -0.2) is 13.4 Å². The van der Waals surface area contributed by atoms with Gasteiger partial charge in [-0.05, 0) is 55.0 Å². The highest BCUT2D eigenvalue weighted by atomic mass is 32.2. The molecule has 0 saturated heterocycles. The van der Waals surface area contributed by atoms with Gasteiger partial charge in [0.2, 0.25) is 5.88 Å². The van der Waals surface area contributed by atoms with Crippen LogP contribution in [0.25, 0.3) is 10.9 Å². The number of methoxy groups -OCH3 is 1. The quantitative estimate of drug-likeness (QED) is 0.522. The van der Waals surface area contributed by atoms with Crippen molar-refractivity contribution in [3.8, 4) is 11.9 Å². The van der Waals surface area contributed by atoms with Gasteiger partial charge in [0.25, 0.3) is 0 Å². The van der Waals surface area contributed by atoms with Crippen molar-refractivity contribution in [3.05, 3.63) is 70.8 Å². The molecule has 0 aliphatic rings. The molecule has 162 valence electrons. The molecule has 1 unspecified atom stereocenters. The molecule has 0 saturated carbocycles. The van der Waals surface area contributed by atoms with E-state index in [4.69, 9.17) is 4.74 Å². The van der Waals surface area contributed by atoms with Crippen LogP contribution in [0, 0.1) is 11.3 Å². The van der Waals surface area contributed by atoms with Gasteiger partial charge in [0.05, 0.1) is 29.9 Å². The van der Waals surface area contributed by atoms with E-state index in [9.17, 15) is 13.7 Å². The molecule has 0 fully saturated rings.